The van der Waals surface area contributed by atoms with Gasteiger partial charge in [0, 0.05) is 24.1 Å². The molecular formula is C32H46NP. The molecule has 1 aliphatic heterocycles. The Hall–Kier alpha value is -0.550. The van der Waals surface area contributed by atoms with Crippen molar-refractivity contribution in [3.8, 4) is 0 Å². The Morgan fingerprint density at radius 3 is 1.41 bits per heavy atom. The van der Waals surface area contributed by atoms with E-state index < -0.39 is 0 Å². The van der Waals surface area contributed by atoms with Crippen molar-refractivity contribution in [2.45, 2.75) is 113 Å². The van der Waals surface area contributed by atoms with Gasteiger partial charge in [-0.2, -0.15) is 0 Å². The average molecular weight is 476 g/mol. The molecule has 0 N–H and O–H groups in total. The van der Waals surface area contributed by atoms with Crippen molar-refractivity contribution in [1.82, 2.24) is 0 Å². The van der Waals surface area contributed by atoms with E-state index in [9.17, 15) is 0 Å². The number of benzene rings is 1. The molecule has 1 aromatic rings. The van der Waals surface area contributed by atoms with Crippen LogP contribution in [0.15, 0.2) is 24.3 Å². The maximum Gasteiger partial charge on any atom is 0.0444 e. The average Bonchev–Trinajstić information content (AvgIpc) is 3.07. The van der Waals surface area contributed by atoms with Gasteiger partial charge in [0.1, 0.15) is 0 Å². The van der Waals surface area contributed by atoms with Gasteiger partial charge < -0.3 is 4.90 Å². The summed E-state index contributed by atoms with van der Waals surface area (Å²) < 4.78 is 0. The van der Waals surface area contributed by atoms with Crippen LogP contribution in [0.5, 0.6) is 0 Å². The lowest BCUT2D eigenvalue weighted by Gasteiger charge is -2.67. The first-order chi connectivity index (χ1) is 16.7. The van der Waals surface area contributed by atoms with Gasteiger partial charge in [0.05, 0.1) is 0 Å². The van der Waals surface area contributed by atoms with E-state index in [-0.39, 0.29) is 7.92 Å². The number of para-hydroxylation sites is 1. The van der Waals surface area contributed by atoms with E-state index in [4.69, 9.17) is 0 Å². The number of anilines is 1. The molecule has 0 radical (unpaired) electrons. The minimum absolute atomic E-state index is 0.0999. The molecule has 9 fully saturated rings. The lowest BCUT2D eigenvalue weighted by atomic mass is 9.55. The van der Waals surface area contributed by atoms with Gasteiger partial charge in [-0.1, -0.05) is 39.0 Å². The summed E-state index contributed by atoms with van der Waals surface area (Å²) in [6.07, 6.45) is 24.9. The highest BCUT2D eigenvalue weighted by Gasteiger charge is 2.63. The van der Waals surface area contributed by atoms with Gasteiger partial charge in [0.2, 0.25) is 0 Å². The van der Waals surface area contributed by atoms with Crippen molar-refractivity contribution in [3.63, 3.8) is 0 Å². The molecule has 1 heterocycles. The molecule has 8 bridgehead atoms. The third-order valence-corrected chi connectivity index (χ3v) is 15.9. The summed E-state index contributed by atoms with van der Waals surface area (Å²) in [7, 11) is -0.0999. The number of nitrogens with zero attached hydrogens (tertiary/aromatic N) is 1. The lowest BCUT2D eigenvalue weighted by Crippen LogP contribution is -2.58. The van der Waals surface area contributed by atoms with Crippen LogP contribution in [0.25, 0.3) is 0 Å². The molecule has 8 saturated carbocycles. The van der Waals surface area contributed by atoms with Crippen LogP contribution in [-0.2, 0) is 0 Å². The maximum atomic E-state index is 2.87. The minimum Gasteiger partial charge on any atom is -0.371 e. The summed E-state index contributed by atoms with van der Waals surface area (Å²) in [5.41, 5.74) is 1.71. The molecule has 1 aromatic carbocycles. The zero-order chi connectivity index (χ0) is 22.3. The molecule has 1 saturated heterocycles. The van der Waals surface area contributed by atoms with E-state index in [1.54, 1.807) is 82.7 Å². The first-order valence-electron chi connectivity index (χ1n) is 15.3. The summed E-state index contributed by atoms with van der Waals surface area (Å²) in [5, 5.41) is 3.29. The fraction of sp³-hybridized carbons (Fsp3) is 0.812. The highest BCUT2D eigenvalue weighted by molar-refractivity contribution is 7.69. The van der Waals surface area contributed by atoms with E-state index in [1.807, 2.05) is 5.30 Å². The van der Waals surface area contributed by atoms with E-state index in [2.05, 4.69) is 29.2 Å². The molecule has 2 heteroatoms. The molecule has 10 rings (SSSR count). The van der Waals surface area contributed by atoms with Crippen LogP contribution < -0.4 is 10.2 Å². The van der Waals surface area contributed by atoms with Gasteiger partial charge in [0.15, 0.2) is 0 Å². The SMILES string of the molecule is c1ccc(P(C23CC4CC(CC(C4)C2)C3)C23CC4CC(CC(C4)C2)C3)c(N2CCCCCC2)c1. The molecule has 8 aliphatic carbocycles. The molecule has 0 amide bonds. The van der Waals surface area contributed by atoms with Gasteiger partial charge in [-0.25, -0.2) is 0 Å². The second-order valence-electron chi connectivity index (χ2n) is 14.5. The minimum atomic E-state index is -0.0999. The molecule has 1 nitrogen and oxygen atoms in total. The first-order valence-corrected chi connectivity index (χ1v) is 16.7. The summed E-state index contributed by atoms with van der Waals surface area (Å²) in [4.78, 5) is 2.87. The van der Waals surface area contributed by atoms with Crippen LogP contribution in [0, 0.1) is 35.5 Å². The van der Waals surface area contributed by atoms with Gasteiger partial charge in [-0.15, -0.1) is 0 Å². The molecule has 0 unspecified atom stereocenters. The van der Waals surface area contributed by atoms with E-state index in [0.717, 1.165) is 35.5 Å². The molecule has 0 spiro atoms. The summed E-state index contributed by atoms with van der Waals surface area (Å²) in [6, 6.07) is 10.1. The maximum absolute atomic E-state index is 2.87. The third-order valence-electron chi connectivity index (χ3n) is 12.0. The molecular weight excluding hydrogens is 429 g/mol. The van der Waals surface area contributed by atoms with Gasteiger partial charge in [-0.3, -0.25) is 0 Å². The Kier molecular flexibility index (Phi) is 5.05. The largest absolute Gasteiger partial charge is 0.371 e. The molecule has 34 heavy (non-hydrogen) atoms. The fourth-order valence-electron chi connectivity index (χ4n) is 11.9. The van der Waals surface area contributed by atoms with Crippen LogP contribution in [0.1, 0.15) is 103 Å². The van der Waals surface area contributed by atoms with Gasteiger partial charge in [0.25, 0.3) is 0 Å². The van der Waals surface area contributed by atoms with E-state index in [0.29, 0.717) is 10.3 Å². The highest BCUT2D eigenvalue weighted by atomic mass is 31.1. The topological polar surface area (TPSA) is 3.24 Å². The standard InChI is InChI=1S/C32H46NP/c1-2-6-10-33(9-5-1)29-7-3-4-8-30(29)34(31-17-23-11-24(18-31)13-25(12-23)19-31)32-20-26-14-27(21-32)16-28(15-26)22-32/h3-4,7-8,23-28H,1-2,5-6,9-22H2. The van der Waals surface area contributed by atoms with Gasteiger partial charge in [-0.05, 0) is 142 Å². The van der Waals surface area contributed by atoms with Crippen molar-refractivity contribution in [1.29, 1.82) is 0 Å². The Morgan fingerprint density at radius 2 is 0.971 bits per heavy atom. The van der Waals surface area contributed by atoms with Crippen molar-refractivity contribution in [2.75, 3.05) is 18.0 Å². The second kappa shape index (κ2) is 7.97. The Bertz CT molecular complexity index is 812. The Morgan fingerprint density at radius 1 is 0.559 bits per heavy atom. The molecule has 9 aliphatic rings. The number of hydrogen-bond acceptors (Lipinski definition) is 1. The van der Waals surface area contributed by atoms with Crippen LogP contribution in [0.2, 0.25) is 0 Å². The fourth-order valence-corrected chi connectivity index (χ4v) is 17.3. The smallest absolute Gasteiger partial charge is 0.0444 e. The normalized spacial score (nSPS) is 47.7. The van der Waals surface area contributed by atoms with E-state index in [1.165, 1.54) is 38.8 Å². The summed E-state index contributed by atoms with van der Waals surface area (Å²) >= 11 is 0. The molecule has 0 aromatic heterocycles. The monoisotopic (exact) mass is 475 g/mol. The van der Waals surface area contributed by atoms with Crippen molar-refractivity contribution in [3.05, 3.63) is 24.3 Å². The predicted molar refractivity (Wildman–Crippen MR) is 145 cm³/mol. The van der Waals surface area contributed by atoms with Gasteiger partial charge >= 0.3 is 0 Å². The highest BCUT2D eigenvalue weighted by Crippen LogP contribution is 2.78. The molecule has 0 atom stereocenters. The van der Waals surface area contributed by atoms with Crippen LogP contribution in [0.4, 0.5) is 5.69 Å². The molecule has 184 valence electrons. The van der Waals surface area contributed by atoms with Crippen molar-refractivity contribution >= 4 is 18.9 Å². The summed E-state index contributed by atoms with van der Waals surface area (Å²) in [6.45, 7) is 2.61. The zero-order valence-electron chi connectivity index (χ0n) is 21.4. The van der Waals surface area contributed by atoms with Crippen LogP contribution in [-0.4, -0.2) is 23.4 Å². The lowest BCUT2D eigenvalue weighted by molar-refractivity contribution is 0.0195. The second-order valence-corrected chi connectivity index (χ2v) is 17.6. The van der Waals surface area contributed by atoms with E-state index >= 15 is 0 Å². The Balaban J connectivity index is 1.28. The number of hydrogen-bond donors (Lipinski definition) is 0. The van der Waals surface area contributed by atoms with Crippen LogP contribution in [0.3, 0.4) is 0 Å². The summed E-state index contributed by atoms with van der Waals surface area (Å²) in [5.74, 6) is 6.48. The Labute approximate surface area is 209 Å². The predicted octanol–water partition coefficient (Wildman–Crippen LogP) is 8.11. The van der Waals surface area contributed by atoms with Crippen LogP contribution >= 0.6 is 7.92 Å². The number of rotatable bonds is 4. The van der Waals surface area contributed by atoms with Crippen molar-refractivity contribution in [2.24, 2.45) is 35.5 Å². The zero-order valence-corrected chi connectivity index (χ0v) is 22.3. The first kappa shape index (κ1) is 21.5. The quantitative estimate of drug-likeness (QED) is 0.398. The van der Waals surface area contributed by atoms with Crippen molar-refractivity contribution < 1.29 is 0 Å². The third kappa shape index (κ3) is 3.34.